The number of aromatic nitrogens is 1. The van der Waals surface area contributed by atoms with Crippen molar-refractivity contribution in [2.24, 2.45) is 5.73 Å². The van der Waals surface area contributed by atoms with E-state index in [1.165, 1.54) is 49.0 Å². The molecule has 38 heavy (non-hydrogen) atoms. The highest BCUT2D eigenvalue weighted by atomic mass is 14.7. The fourth-order valence-electron chi connectivity index (χ4n) is 5.21. The summed E-state index contributed by atoms with van der Waals surface area (Å²) in [7, 11) is 0. The van der Waals surface area contributed by atoms with E-state index in [0.29, 0.717) is 11.4 Å². The summed E-state index contributed by atoms with van der Waals surface area (Å²) in [6, 6.07) is 38.2. The predicted octanol–water partition coefficient (Wildman–Crippen LogP) is 8.18. The molecule has 0 saturated heterocycles. The highest BCUT2D eigenvalue weighted by molar-refractivity contribution is 6.17. The van der Waals surface area contributed by atoms with Crippen molar-refractivity contribution in [1.82, 2.24) is 4.98 Å². The maximum atomic E-state index is 9.13. The van der Waals surface area contributed by atoms with Crippen molar-refractivity contribution in [2.75, 3.05) is 0 Å². The van der Waals surface area contributed by atoms with Gasteiger partial charge in [0.25, 0.3) is 0 Å². The minimum atomic E-state index is 0.353. The van der Waals surface area contributed by atoms with Crippen LogP contribution < -0.4 is 5.73 Å². The van der Waals surface area contributed by atoms with E-state index >= 15 is 0 Å². The van der Waals surface area contributed by atoms with Crippen LogP contribution in [0.5, 0.6) is 0 Å². The van der Waals surface area contributed by atoms with E-state index < -0.39 is 0 Å². The van der Waals surface area contributed by atoms with Gasteiger partial charge < -0.3 is 5.73 Å². The molecule has 180 valence electrons. The lowest BCUT2D eigenvalue weighted by Gasteiger charge is -2.17. The van der Waals surface area contributed by atoms with Gasteiger partial charge in [0.05, 0.1) is 0 Å². The van der Waals surface area contributed by atoms with Crippen molar-refractivity contribution in [3.63, 3.8) is 0 Å². The summed E-state index contributed by atoms with van der Waals surface area (Å²) >= 11 is 0. The number of rotatable bonds is 5. The van der Waals surface area contributed by atoms with Crippen LogP contribution in [0.4, 0.5) is 0 Å². The zero-order chi connectivity index (χ0) is 25.9. The molecule has 0 spiro atoms. The van der Waals surface area contributed by atoms with Gasteiger partial charge in [-0.2, -0.15) is 5.26 Å². The predicted molar refractivity (Wildman–Crippen MR) is 158 cm³/mol. The van der Waals surface area contributed by atoms with Crippen molar-refractivity contribution < 1.29 is 0 Å². The van der Waals surface area contributed by atoms with Gasteiger partial charge in [0, 0.05) is 17.5 Å². The van der Waals surface area contributed by atoms with Gasteiger partial charge >= 0.3 is 0 Å². The van der Waals surface area contributed by atoms with Gasteiger partial charge in [0.1, 0.15) is 11.8 Å². The first-order valence-corrected chi connectivity index (χ1v) is 12.6. The number of hydrogen-bond donors (Lipinski definition) is 1. The topological polar surface area (TPSA) is 62.7 Å². The lowest BCUT2D eigenvalue weighted by molar-refractivity contribution is 1.25. The number of hydrogen-bond acceptors (Lipinski definition) is 3. The second kappa shape index (κ2) is 10.0. The Hall–Kier alpha value is -5.20. The fraction of sp³-hybridized carbons (Fsp3) is 0.0286. The van der Waals surface area contributed by atoms with Crippen molar-refractivity contribution in [1.29, 1.82) is 5.26 Å². The van der Waals surface area contributed by atoms with E-state index in [1.807, 2.05) is 18.2 Å². The minimum absolute atomic E-state index is 0.353. The number of nitrogens with two attached hydrogens (primary N) is 1. The molecule has 0 unspecified atom stereocenters. The molecule has 0 saturated carbocycles. The van der Waals surface area contributed by atoms with E-state index in [0.717, 1.165) is 12.0 Å². The third kappa shape index (κ3) is 4.30. The van der Waals surface area contributed by atoms with Crippen LogP contribution in [0.2, 0.25) is 0 Å². The molecule has 0 aliphatic carbocycles. The molecule has 3 nitrogen and oxygen atoms in total. The van der Waals surface area contributed by atoms with Crippen molar-refractivity contribution in [3.8, 4) is 17.2 Å². The Kier molecular flexibility index (Phi) is 6.14. The number of fused-ring (bicyclic) bond motifs is 3. The Bertz CT molecular complexity index is 1910. The summed E-state index contributed by atoms with van der Waals surface area (Å²) in [5, 5.41) is 16.6. The summed E-state index contributed by atoms with van der Waals surface area (Å²) in [5.74, 6) is 0. The molecule has 0 atom stereocenters. The van der Waals surface area contributed by atoms with Crippen LogP contribution in [-0.4, -0.2) is 4.98 Å². The monoisotopic (exact) mass is 487 g/mol. The second-order valence-electron chi connectivity index (χ2n) is 9.31. The third-order valence-corrected chi connectivity index (χ3v) is 7.01. The molecule has 3 heteroatoms. The zero-order valence-corrected chi connectivity index (χ0v) is 20.8. The summed E-state index contributed by atoms with van der Waals surface area (Å²) in [6.07, 6.45) is 8.39. The van der Waals surface area contributed by atoms with Gasteiger partial charge in [-0.15, -0.1) is 0 Å². The summed E-state index contributed by atoms with van der Waals surface area (Å²) in [4.78, 5) is 4.02. The lowest BCUT2D eigenvalue weighted by Crippen LogP contribution is -1.97. The van der Waals surface area contributed by atoms with E-state index in [4.69, 9.17) is 11.0 Å². The molecule has 1 aromatic heterocycles. The average molecular weight is 488 g/mol. The van der Waals surface area contributed by atoms with Crippen LogP contribution in [0.3, 0.4) is 0 Å². The molecule has 6 aromatic rings. The second-order valence-corrected chi connectivity index (χ2v) is 9.31. The largest absolute Gasteiger partial charge is 0.398 e. The minimum Gasteiger partial charge on any atom is -0.398 e. The van der Waals surface area contributed by atoms with E-state index in [2.05, 4.69) is 108 Å². The summed E-state index contributed by atoms with van der Waals surface area (Å²) in [6.45, 7) is 0. The number of nitrogens with zero attached hydrogens (tertiary/aromatic N) is 2. The highest BCUT2D eigenvalue weighted by Crippen LogP contribution is 2.41. The fourth-order valence-corrected chi connectivity index (χ4v) is 5.21. The SMILES string of the molecule is N#Cc1cc(/C(N)=C/C=C\Cc2c3ccccc3c(-c3ccccc3)c3cc4ccccc4cc23)ccn1. The van der Waals surface area contributed by atoms with Crippen LogP contribution in [0.25, 0.3) is 49.1 Å². The molecule has 0 amide bonds. The number of nitriles is 1. The Morgan fingerprint density at radius 3 is 2.21 bits per heavy atom. The highest BCUT2D eigenvalue weighted by Gasteiger charge is 2.15. The molecule has 2 N–H and O–H groups in total. The first-order valence-electron chi connectivity index (χ1n) is 12.6. The quantitative estimate of drug-likeness (QED) is 0.197. The van der Waals surface area contributed by atoms with Crippen LogP contribution in [0.15, 0.2) is 128 Å². The molecule has 0 aliphatic rings. The van der Waals surface area contributed by atoms with Crippen LogP contribution >= 0.6 is 0 Å². The summed E-state index contributed by atoms with van der Waals surface area (Å²) in [5.41, 5.74) is 11.8. The van der Waals surface area contributed by atoms with Gasteiger partial charge in [0.15, 0.2) is 0 Å². The van der Waals surface area contributed by atoms with Gasteiger partial charge in [-0.05, 0) is 85.8 Å². The van der Waals surface area contributed by atoms with Gasteiger partial charge in [0.2, 0.25) is 0 Å². The number of benzene rings is 5. The molecule has 0 fully saturated rings. The maximum Gasteiger partial charge on any atom is 0.141 e. The Morgan fingerprint density at radius 1 is 0.763 bits per heavy atom. The van der Waals surface area contributed by atoms with Crippen LogP contribution in [-0.2, 0) is 6.42 Å². The normalized spacial score (nSPS) is 11.9. The number of allylic oxidation sites excluding steroid dienone is 3. The smallest absolute Gasteiger partial charge is 0.141 e. The van der Waals surface area contributed by atoms with Gasteiger partial charge in [-0.1, -0.05) is 91.0 Å². The standard InChI is InChI=1S/C35H25N3/c36-23-28-20-27(18-19-38-28)34(37)17-9-8-15-30-29-14-6-7-16-31(29)35(24-10-2-1-3-11-24)33-22-26-13-5-4-12-25(26)21-32(30)33/h1-14,16-22H,15,37H2/b9-8-,34-17-. The maximum absolute atomic E-state index is 9.13. The van der Waals surface area contributed by atoms with Crippen LogP contribution in [0.1, 0.15) is 16.8 Å². The van der Waals surface area contributed by atoms with Gasteiger partial charge in [-0.25, -0.2) is 4.98 Å². The molecular formula is C35H25N3. The average Bonchev–Trinajstić information content (AvgIpc) is 2.98. The van der Waals surface area contributed by atoms with E-state index in [-0.39, 0.29) is 0 Å². The first-order chi connectivity index (χ1) is 18.7. The Morgan fingerprint density at radius 2 is 1.45 bits per heavy atom. The molecule has 6 rings (SSSR count). The van der Waals surface area contributed by atoms with Crippen molar-refractivity contribution in [3.05, 3.63) is 144 Å². The first kappa shape index (κ1) is 23.2. The molecule has 0 bridgehead atoms. The molecule has 0 radical (unpaired) electrons. The van der Waals surface area contributed by atoms with E-state index in [9.17, 15) is 0 Å². The zero-order valence-electron chi connectivity index (χ0n) is 20.8. The van der Waals surface area contributed by atoms with Crippen molar-refractivity contribution >= 4 is 38.0 Å². The lowest BCUT2D eigenvalue weighted by atomic mass is 9.86. The Balaban J connectivity index is 1.51. The van der Waals surface area contributed by atoms with Crippen molar-refractivity contribution in [2.45, 2.75) is 6.42 Å². The molecule has 5 aromatic carbocycles. The third-order valence-electron chi connectivity index (χ3n) is 7.01. The van der Waals surface area contributed by atoms with Crippen LogP contribution in [0, 0.1) is 11.3 Å². The molecule has 0 aliphatic heterocycles. The molecular weight excluding hydrogens is 462 g/mol. The van der Waals surface area contributed by atoms with Gasteiger partial charge in [-0.3, -0.25) is 0 Å². The molecule has 1 heterocycles. The summed E-state index contributed by atoms with van der Waals surface area (Å²) < 4.78 is 0. The number of pyridine rings is 1. The Labute approximate surface area is 221 Å². The van der Waals surface area contributed by atoms with E-state index in [1.54, 1.807) is 12.3 Å².